The van der Waals surface area contributed by atoms with E-state index in [0.717, 1.165) is 0 Å². The highest BCUT2D eigenvalue weighted by Crippen LogP contribution is 2.26. The number of methoxy groups -OCH3 is 1. The summed E-state index contributed by atoms with van der Waals surface area (Å²) in [7, 11) is 1.45. The van der Waals surface area contributed by atoms with Crippen molar-refractivity contribution < 1.29 is 23.8 Å². The van der Waals surface area contributed by atoms with Gasteiger partial charge >= 0.3 is 0 Å². The van der Waals surface area contributed by atoms with Crippen molar-refractivity contribution in [3.05, 3.63) is 29.6 Å². The molecule has 0 aromatic heterocycles. The van der Waals surface area contributed by atoms with Crippen molar-refractivity contribution in [3.8, 4) is 5.75 Å². The minimum absolute atomic E-state index is 0.0341. The first-order valence-electron chi connectivity index (χ1n) is 7.44. The van der Waals surface area contributed by atoms with Crippen molar-refractivity contribution in [1.29, 1.82) is 0 Å². The molecule has 2 rings (SSSR count). The first-order valence-corrected chi connectivity index (χ1v) is 7.44. The predicted octanol–water partition coefficient (Wildman–Crippen LogP) is 0.606. The number of β-amino-alcohol motifs (C(OH)–C–C–N with tert-alkyl or cyclic N) is 1. The molecule has 1 aliphatic rings. The molecule has 1 fully saturated rings. The summed E-state index contributed by atoms with van der Waals surface area (Å²) in [5.41, 5.74) is 4.31. The molecule has 1 aliphatic heterocycles. The Labute approximate surface area is 134 Å². The molecule has 0 bridgehead atoms. The number of benzene rings is 1. The molecule has 7 heteroatoms. The minimum Gasteiger partial charge on any atom is -0.496 e. The summed E-state index contributed by atoms with van der Waals surface area (Å²) in [6, 6.07) is 3.99. The highest BCUT2D eigenvalue weighted by Gasteiger charge is 2.36. The predicted molar refractivity (Wildman–Crippen MR) is 81.2 cm³/mol. The number of piperidine rings is 1. The fourth-order valence-electron chi connectivity index (χ4n) is 2.95. The van der Waals surface area contributed by atoms with Gasteiger partial charge in [0.05, 0.1) is 25.6 Å². The van der Waals surface area contributed by atoms with Crippen molar-refractivity contribution in [3.63, 3.8) is 0 Å². The van der Waals surface area contributed by atoms with Crippen LogP contribution in [0.5, 0.6) is 5.75 Å². The smallest absolute Gasteiger partial charge is 0.227 e. The second-order valence-electron chi connectivity index (χ2n) is 5.92. The third-order valence-electron chi connectivity index (χ3n) is 4.00. The molecule has 1 aromatic rings. The van der Waals surface area contributed by atoms with Crippen molar-refractivity contribution in [2.75, 3.05) is 20.2 Å². The largest absolute Gasteiger partial charge is 0.496 e. The van der Waals surface area contributed by atoms with Gasteiger partial charge < -0.3 is 20.5 Å². The highest BCUT2D eigenvalue weighted by atomic mass is 19.1. The Hall–Kier alpha value is -2.15. The Kier molecular flexibility index (Phi) is 5.20. The minimum atomic E-state index is -1.29. The van der Waals surface area contributed by atoms with Gasteiger partial charge in [0.2, 0.25) is 11.8 Å². The Balaban J connectivity index is 2.08. The van der Waals surface area contributed by atoms with Gasteiger partial charge in [-0.2, -0.15) is 0 Å². The Morgan fingerprint density at radius 3 is 2.87 bits per heavy atom. The van der Waals surface area contributed by atoms with Gasteiger partial charge in [-0.05, 0) is 31.0 Å². The van der Waals surface area contributed by atoms with E-state index in [0.29, 0.717) is 30.7 Å². The zero-order valence-corrected chi connectivity index (χ0v) is 13.0. The first kappa shape index (κ1) is 17.2. The molecular weight excluding hydrogens is 303 g/mol. The van der Waals surface area contributed by atoms with Crippen LogP contribution in [0, 0.1) is 5.82 Å². The number of halogens is 1. The maximum atomic E-state index is 13.4. The number of ether oxygens (including phenoxy) is 1. The van der Waals surface area contributed by atoms with Crippen LogP contribution in [-0.4, -0.2) is 47.6 Å². The second-order valence-corrected chi connectivity index (χ2v) is 5.92. The van der Waals surface area contributed by atoms with E-state index in [1.165, 1.54) is 30.2 Å². The summed E-state index contributed by atoms with van der Waals surface area (Å²) in [6.45, 7) is 0.532. The van der Waals surface area contributed by atoms with Crippen molar-refractivity contribution in [2.45, 2.75) is 31.3 Å². The lowest BCUT2D eigenvalue weighted by atomic mass is 9.89. The van der Waals surface area contributed by atoms with E-state index in [1.807, 2.05) is 0 Å². The average Bonchev–Trinajstić information content (AvgIpc) is 2.46. The van der Waals surface area contributed by atoms with Gasteiger partial charge in [0, 0.05) is 18.7 Å². The van der Waals surface area contributed by atoms with Gasteiger partial charge in [0.1, 0.15) is 11.6 Å². The molecule has 1 atom stereocenters. The van der Waals surface area contributed by atoms with Gasteiger partial charge in [0.25, 0.3) is 0 Å². The molecule has 2 amide bonds. The lowest BCUT2D eigenvalue weighted by Crippen LogP contribution is -2.52. The summed E-state index contributed by atoms with van der Waals surface area (Å²) in [5.74, 6) is -0.869. The van der Waals surface area contributed by atoms with E-state index < -0.39 is 17.3 Å². The van der Waals surface area contributed by atoms with Crippen molar-refractivity contribution in [1.82, 2.24) is 4.90 Å². The maximum Gasteiger partial charge on any atom is 0.227 e. The zero-order valence-electron chi connectivity index (χ0n) is 13.0. The van der Waals surface area contributed by atoms with Crippen LogP contribution < -0.4 is 10.5 Å². The van der Waals surface area contributed by atoms with Crippen LogP contribution in [-0.2, 0) is 16.0 Å². The molecule has 0 saturated carbocycles. The molecule has 1 heterocycles. The summed E-state index contributed by atoms with van der Waals surface area (Å²) >= 11 is 0. The van der Waals surface area contributed by atoms with Crippen LogP contribution >= 0.6 is 0 Å². The van der Waals surface area contributed by atoms with E-state index in [1.54, 1.807) is 0 Å². The van der Waals surface area contributed by atoms with E-state index in [-0.39, 0.29) is 25.3 Å². The molecule has 23 heavy (non-hydrogen) atoms. The first-order chi connectivity index (χ1) is 10.8. The van der Waals surface area contributed by atoms with Crippen LogP contribution in [0.25, 0.3) is 0 Å². The number of aliphatic hydroxyl groups is 1. The van der Waals surface area contributed by atoms with E-state index in [4.69, 9.17) is 10.5 Å². The number of nitrogens with two attached hydrogens (primary N) is 1. The van der Waals surface area contributed by atoms with E-state index >= 15 is 0 Å². The van der Waals surface area contributed by atoms with Crippen LogP contribution in [0.3, 0.4) is 0 Å². The second kappa shape index (κ2) is 6.95. The van der Waals surface area contributed by atoms with E-state index in [9.17, 15) is 19.1 Å². The monoisotopic (exact) mass is 324 g/mol. The topological polar surface area (TPSA) is 92.9 Å². The molecule has 1 unspecified atom stereocenters. The van der Waals surface area contributed by atoms with Crippen LogP contribution in [0.4, 0.5) is 4.39 Å². The number of hydrogen-bond acceptors (Lipinski definition) is 4. The summed E-state index contributed by atoms with van der Waals surface area (Å²) < 4.78 is 18.5. The molecule has 0 radical (unpaired) electrons. The summed E-state index contributed by atoms with van der Waals surface area (Å²) in [4.78, 5) is 25.0. The van der Waals surface area contributed by atoms with E-state index in [2.05, 4.69) is 0 Å². The molecule has 0 spiro atoms. The van der Waals surface area contributed by atoms with Gasteiger partial charge in [-0.15, -0.1) is 0 Å². The van der Waals surface area contributed by atoms with Crippen LogP contribution in [0.2, 0.25) is 0 Å². The number of amides is 2. The molecule has 3 N–H and O–H groups in total. The van der Waals surface area contributed by atoms with Crippen LogP contribution in [0.15, 0.2) is 18.2 Å². The number of carbonyl (C=O) groups excluding carboxylic acids is 2. The number of carbonyl (C=O) groups is 2. The fourth-order valence-corrected chi connectivity index (χ4v) is 2.95. The number of hydrogen-bond donors (Lipinski definition) is 2. The third-order valence-corrected chi connectivity index (χ3v) is 4.00. The van der Waals surface area contributed by atoms with Crippen LogP contribution in [0.1, 0.15) is 24.8 Å². The SMILES string of the molecule is COc1ccc(F)cc1CC(=O)N1CCCC(O)(CC(N)=O)C1. The zero-order chi connectivity index (χ0) is 17.0. The molecule has 1 saturated heterocycles. The Morgan fingerprint density at radius 1 is 1.48 bits per heavy atom. The number of rotatable bonds is 5. The average molecular weight is 324 g/mol. The van der Waals surface area contributed by atoms with Crippen molar-refractivity contribution in [2.24, 2.45) is 5.73 Å². The van der Waals surface area contributed by atoms with Gasteiger partial charge in [-0.25, -0.2) is 4.39 Å². The molecular formula is C16H21FN2O4. The van der Waals surface area contributed by atoms with Crippen molar-refractivity contribution >= 4 is 11.8 Å². The standard InChI is InChI=1S/C16H21FN2O4/c1-23-13-4-3-12(17)7-11(13)8-15(21)19-6-2-5-16(22,10-19)9-14(18)20/h3-4,7,22H,2,5-6,8-10H2,1H3,(H2,18,20). The number of nitrogens with zero attached hydrogens (tertiary/aromatic N) is 1. The summed E-state index contributed by atoms with van der Waals surface area (Å²) in [5, 5.41) is 10.4. The van der Waals surface area contributed by atoms with Gasteiger partial charge in [-0.3, -0.25) is 9.59 Å². The third kappa shape index (κ3) is 4.41. The van der Waals surface area contributed by atoms with Gasteiger partial charge in [0.15, 0.2) is 0 Å². The fraction of sp³-hybridized carbons (Fsp3) is 0.500. The quantitative estimate of drug-likeness (QED) is 0.830. The maximum absolute atomic E-state index is 13.4. The Morgan fingerprint density at radius 2 is 2.22 bits per heavy atom. The Bertz CT molecular complexity index is 608. The lowest BCUT2D eigenvalue weighted by Gasteiger charge is -2.38. The summed E-state index contributed by atoms with van der Waals surface area (Å²) in [6.07, 6.45) is 0.784. The number of likely N-dealkylation sites (tertiary alicyclic amines) is 1. The normalized spacial score (nSPS) is 21.1. The van der Waals surface area contributed by atoms with Gasteiger partial charge in [-0.1, -0.05) is 0 Å². The highest BCUT2D eigenvalue weighted by molar-refractivity contribution is 5.80. The molecule has 0 aliphatic carbocycles. The molecule has 1 aromatic carbocycles. The molecule has 126 valence electrons. The number of primary amides is 1. The lowest BCUT2D eigenvalue weighted by molar-refractivity contribution is -0.141. The molecule has 6 nitrogen and oxygen atoms in total.